The van der Waals surface area contributed by atoms with Gasteiger partial charge in [0.2, 0.25) is 0 Å². The van der Waals surface area contributed by atoms with E-state index in [1.807, 2.05) is 6.92 Å². The number of carbonyl (C=O) groups excluding carboxylic acids is 1. The summed E-state index contributed by atoms with van der Waals surface area (Å²) in [6.45, 7) is 1.87. The summed E-state index contributed by atoms with van der Waals surface area (Å²) in [5, 5.41) is 5.47. The number of nitrogens with zero attached hydrogens (tertiary/aromatic N) is 1. The van der Waals surface area contributed by atoms with Gasteiger partial charge in [-0.2, -0.15) is 0 Å². The largest absolute Gasteiger partial charge is 0.496 e. The van der Waals surface area contributed by atoms with Crippen LogP contribution in [0.5, 0.6) is 5.75 Å². The van der Waals surface area contributed by atoms with Gasteiger partial charge < -0.3 is 15.4 Å². The van der Waals surface area contributed by atoms with E-state index in [0.29, 0.717) is 11.5 Å². The van der Waals surface area contributed by atoms with E-state index >= 15 is 0 Å². The number of rotatable bonds is 4. The molecule has 0 aliphatic heterocycles. The third-order valence-electron chi connectivity index (χ3n) is 2.99. The highest BCUT2D eigenvalue weighted by atomic mass is 19.1. The van der Waals surface area contributed by atoms with E-state index < -0.39 is 11.7 Å². The van der Waals surface area contributed by atoms with Gasteiger partial charge in [0.25, 0.3) is 5.91 Å². The Bertz CT molecular complexity index is 674. The zero-order chi connectivity index (χ0) is 15.4. The molecular formula is C15H16FN3O2. The summed E-state index contributed by atoms with van der Waals surface area (Å²) >= 11 is 0. The van der Waals surface area contributed by atoms with E-state index in [4.69, 9.17) is 4.74 Å². The van der Waals surface area contributed by atoms with E-state index in [0.717, 1.165) is 23.6 Å². The zero-order valence-corrected chi connectivity index (χ0v) is 12.0. The van der Waals surface area contributed by atoms with E-state index in [1.165, 1.54) is 0 Å². The molecular weight excluding hydrogens is 273 g/mol. The number of nitrogens with one attached hydrogen (secondary N) is 2. The van der Waals surface area contributed by atoms with Crippen LogP contribution in [-0.4, -0.2) is 25.0 Å². The van der Waals surface area contributed by atoms with Gasteiger partial charge in [-0.15, -0.1) is 0 Å². The lowest BCUT2D eigenvalue weighted by atomic mass is 10.2. The Balaban J connectivity index is 2.26. The lowest BCUT2D eigenvalue weighted by molar-refractivity contribution is 0.102. The van der Waals surface area contributed by atoms with Crippen LogP contribution in [0.3, 0.4) is 0 Å². The second kappa shape index (κ2) is 6.21. The van der Waals surface area contributed by atoms with Gasteiger partial charge in [0, 0.05) is 12.7 Å². The number of pyridine rings is 1. The van der Waals surface area contributed by atoms with Crippen LogP contribution in [0.15, 0.2) is 30.5 Å². The molecule has 0 fully saturated rings. The number of aromatic nitrogens is 1. The lowest BCUT2D eigenvalue weighted by Gasteiger charge is -2.11. The Hall–Kier alpha value is -2.63. The van der Waals surface area contributed by atoms with Crippen molar-refractivity contribution in [1.82, 2.24) is 4.98 Å². The number of anilines is 2. The lowest BCUT2D eigenvalue weighted by Crippen LogP contribution is -2.15. The fourth-order valence-corrected chi connectivity index (χ4v) is 1.97. The third kappa shape index (κ3) is 3.28. The average molecular weight is 289 g/mol. The Labute approximate surface area is 122 Å². The maximum absolute atomic E-state index is 13.3. The van der Waals surface area contributed by atoms with E-state index in [2.05, 4.69) is 15.6 Å². The van der Waals surface area contributed by atoms with Crippen LogP contribution >= 0.6 is 0 Å². The minimum atomic E-state index is -0.565. The molecule has 0 radical (unpaired) electrons. The maximum Gasteiger partial charge on any atom is 0.259 e. The number of halogens is 1. The van der Waals surface area contributed by atoms with E-state index in [-0.39, 0.29) is 5.56 Å². The molecule has 2 aromatic rings. The van der Waals surface area contributed by atoms with Gasteiger partial charge in [0.1, 0.15) is 17.4 Å². The molecule has 5 nitrogen and oxygen atoms in total. The number of aryl methyl sites for hydroxylation is 1. The molecule has 0 aliphatic carbocycles. The molecule has 21 heavy (non-hydrogen) atoms. The SMILES string of the molecule is CNc1ncc(F)cc1C(=O)Nc1ccc(OC)c(C)c1. The van der Waals surface area contributed by atoms with Crippen molar-refractivity contribution in [1.29, 1.82) is 0 Å². The van der Waals surface area contributed by atoms with Gasteiger partial charge in [-0.25, -0.2) is 9.37 Å². The number of benzene rings is 1. The van der Waals surface area contributed by atoms with Crippen molar-refractivity contribution >= 4 is 17.4 Å². The molecule has 2 N–H and O–H groups in total. The second-order valence-corrected chi connectivity index (χ2v) is 4.44. The van der Waals surface area contributed by atoms with Crippen molar-refractivity contribution < 1.29 is 13.9 Å². The van der Waals surface area contributed by atoms with Gasteiger partial charge in [0.15, 0.2) is 0 Å². The Morgan fingerprint density at radius 3 is 2.71 bits per heavy atom. The highest BCUT2D eigenvalue weighted by molar-refractivity contribution is 6.07. The van der Waals surface area contributed by atoms with Crippen molar-refractivity contribution in [2.45, 2.75) is 6.92 Å². The summed E-state index contributed by atoms with van der Waals surface area (Å²) in [6, 6.07) is 6.40. The van der Waals surface area contributed by atoms with Gasteiger partial charge in [0.05, 0.1) is 18.9 Å². The third-order valence-corrected chi connectivity index (χ3v) is 2.99. The van der Waals surface area contributed by atoms with E-state index in [9.17, 15) is 9.18 Å². The number of methoxy groups -OCH3 is 1. The van der Waals surface area contributed by atoms with Crippen LogP contribution in [0, 0.1) is 12.7 Å². The average Bonchev–Trinajstić information content (AvgIpc) is 2.47. The number of hydrogen-bond donors (Lipinski definition) is 2. The Morgan fingerprint density at radius 2 is 2.10 bits per heavy atom. The highest BCUT2D eigenvalue weighted by Crippen LogP contribution is 2.22. The fourth-order valence-electron chi connectivity index (χ4n) is 1.97. The summed E-state index contributed by atoms with van der Waals surface area (Å²) in [6.07, 6.45) is 1.06. The Kier molecular flexibility index (Phi) is 4.37. The van der Waals surface area contributed by atoms with Crippen LogP contribution in [0.4, 0.5) is 15.9 Å². The number of carbonyl (C=O) groups is 1. The molecule has 0 saturated carbocycles. The van der Waals surface area contributed by atoms with Crippen LogP contribution in [-0.2, 0) is 0 Å². The Morgan fingerprint density at radius 1 is 1.33 bits per heavy atom. The highest BCUT2D eigenvalue weighted by Gasteiger charge is 2.14. The first-order chi connectivity index (χ1) is 10.0. The predicted octanol–water partition coefficient (Wildman–Crippen LogP) is 2.83. The number of amides is 1. The first kappa shape index (κ1) is 14.8. The van der Waals surface area contributed by atoms with Crippen LogP contribution in [0.2, 0.25) is 0 Å². The van der Waals surface area contributed by atoms with E-state index in [1.54, 1.807) is 32.4 Å². The fraction of sp³-hybridized carbons (Fsp3) is 0.200. The number of ether oxygens (including phenoxy) is 1. The zero-order valence-electron chi connectivity index (χ0n) is 12.0. The maximum atomic E-state index is 13.3. The molecule has 1 aromatic heterocycles. The molecule has 0 unspecified atom stereocenters. The predicted molar refractivity (Wildman–Crippen MR) is 79.4 cm³/mol. The second-order valence-electron chi connectivity index (χ2n) is 4.44. The van der Waals surface area contributed by atoms with Crippen molar-refractivity contribution in [2.75, 3.05) is 24.8 Å². The van der Waals surface area contributed by atoms with Gasteiger partial charge in [-0.05, 0) is 36.8 Å². The molecule has 1 aromatic carbocycles. The van der Waals surface area contributed by atoms with Crippen molar-refractivity contribution in [2.24, 2.45) is 0 Å². The number of hydrogen-bond acceptors (Lipinski definition) is 4. The summed E-state index contributed by atoms with van der Waals surface area (Å²) in [4.78, 5) is 16.1. The summed E-state index contributed by atoms with van der Waals surface area (Å²) < 4.78 is 18.4. The quantitative estimate of drug-likeness (QED) is 0.908. The standard InChI is InChI=1S/C15H16FN3O2/c1-9-6-11(4-5-13(9)21-3)19-15(20)12-7-10(16)8-18-14(12)17-2/h4-8H,1-3H3,(H,17,18)(H,19,20). The first-order valence-corrected chi connectivity index (χ1v) is 6.34. The molecule has 0 atom stereocenters. The molecule has 0 bridgehead atoms. The van der Waals surface area contributed by atoms with Crippen molar-refractivity contribution in [3.63, 3.8) is 0 Å². The minimum absolute atomic E-state index is 0.144. The van der Waals surface area contributed by atoms with Crippen LogP contribution < -0.4 is 15.4 Å². The molecule has 1 heterocycles. The van der Waals surface area contributed by atoms with Crippen LogP contribution in [0.1, 0.15) is 15.9 Å². The summed E-state index contributed by atoms with van der Waals surface area (Å²) in [5.41, 5.74) is 1.64. The monoisotopic (exact) mass is 289 g/mol. The summed E-state index contributed by atoms with van der Waals surface area (Å²) in [5.74, 6) is 0.0523. The first-order valence-electron chi connectivity index (χ1n) is 6.34. The van der Waals surface area contributed by atoms with Crippen molar-refractivity contribution in [3.8, 4) is 5.75 Å². The van der Waals surface area contributed by atoms with Gasteiger partial charge in [-0.3, -0.25) is 4.79 Å². The van der Waals surface area contributed by atoms with Crippen molar-refractivity contribution in [3.05, 3.63) is 47.4 Å². The molecule has 6 heteroatoms. The van der Waals surface area contributed by atoms with Gasteiger partial charge >= 0.3 is 0 Å². The van der Waals surface area contributed by atoms with Gasteiger partial charge in [-0.1, -0.05) is 0 Å². The molecule has 0 spiro atoms. The van der Waals surface area contributed by atoms with Crippen LogP contribution in [0.25, 0.3) is 0 Å². The minimum Gasteiger partial charge on any atom is -0.496 e. The molecule has 110 valence electrons. The normalized spacial score (nSPS) is 10.1. The molecule has 0 aliphatic rings. The molecule has 2 rings (SSSR count). The topological polar surface area (TPSA) is 63.2 Å². The summed E-state index contributed by atoms with van der Waals surface area (Å²) in [7, 11) is 3.20. The molecule has 0 saturated heterocycles. The molecule has 1 amide bonds. The smallest absolute Gasteiger partial charge is 0.259 e.